The molecule has 1 amide bonds. The number of amides is 1. The Kier molecular flexibility index (Phi) is 3.70. The van der Waals surface area contributed by atoms with Gasteiger partial charge in [0.1, 0.15) is 11.2 Å². The molecule has 0 atom stereocenters. The van der Waals surface area contributed by atoms with Crippen LogP contribution in [0.1, 0.15) is 28.9 Å². The molecule has 1 N–H and O–H groups in total. The van der Waals surface area contributed by atoms with E-state index in [4.69, 9.17) is 4.74 Å². The number of nitrogens with zero attached hydrogens (tertiary/aromatic N) is 2. The van der Waals surface area contributed by atoms with E-state index in [0.29, 0.717) is 18.9 Å². The van der Waals surface area contributed by atoms with E-state index in [-0.39, 0.29) is 23.1 Å². The highest BCUT2D eigenvalue weighted by atomic mass is 16.5. The Morgan fingerprint density at radius 1 is 1.38 bits per heavy atom. The van der Waals surface area contributed by atoms with Gasteiger partial charge in [-0.25, -0.2) is 4.98 Å². The fraction of sp³-hybridized carbons (Fsp3) is 0.400. The first kappa shape index (κ1) is 13.8. The Hall–Kier alpha value is -2.21. The van der Waals surface area contributed by atoms with Crippen LogP contribution < -0.4 is 10.9 Å². The predicted molar refractivity (Wildman–Crippen MR) is 77.5 cm³/mol. The summed E-state index contributed by atoms with van der Waals surface area (Å²) in [6.45, 7) is 3.09. The summed E-state index contributed by atoms with van der Waals surface area (Å²) in [5.41, 5.74) is 1.05. The minimum atomic E-state index is -0.364. The number of aromatic nitrogens is 2. The van der Waals surface area contributed by atoms with Crippen molar-refractivity contribution in [3.63, 3.8) is 0 Å². The first-order valence-corrected chi connectivity index (χ1v) is 7.03. The molecule has 1 aliphatic rings. The normalized spacial score (nSPS) is 16.0. The summed E-state index contributed by atoms with van der Waals surface area (Å²) >= 11 is 0. The van der Waals surface area contributed by atoms with E-state index >= 15 is 0 Å². The molecule has 0 unspecified atom stereocenters. The van der Waals surface area contributed by atoms with Gasteiger partial charge in [0.15, 0.2) is 0 Å². The van der Waals surface area contributed by atoms with Crippen molar-refractivity contribution >= 4 is 11.6 Å². The van der Waals surface area contributed by atoms with Crippen LogP contribution in [0, 0.1) is 6.92 Å². The van der Waals surface area contributed by atoms with Gasteiger partial charge in [0.05, 0.1) is 0 Å². The van der Waals surface area contributed by atoms with E-state index in [9.17, 15) is 9.59 Å². The highest BCUT2D eigenvalue weighted by Crippen LogP contribution is 2.07. The molecule has 1 aliphatic heterocycles. The lowest BCUT2D eigenvalue weighted by molar-refractivity contribution is 0.0695. The molecule has 2 aromatic heterocycles. The fourth-order valence-electron chi connectivity index (χ4n) is 2.54. The number of hydrogen-bond acceptors (Lipinski definition) is 4. The lowest BCUT2D eigenvalue weighted by Gasteiger charge is -2.22. The zero-order valence-electron chi connectivity index (χ0n) is 11.8. The van der Waals surface area contributed by atoms with Gasteiger partial charge in [-0.05, 0) is 31.9 Å². The number of aryl methyl sites for hydroxylation is 1. The highest BCUT2D eigenvalue weighted by Gasteiger charge is 2.20. The zero-order chi connectivity index (χ0) is 14.8. The minimum Gasteiger partial charge on any atom is -0.381 e. The second-order valence-corrected chi connectivity index (χ2v) is 5.20. The number of fused-ring (bicyclic) bond motifs is 1. The lowest BCUT2D eigenvalue weighted by atomic mass is 10.1. The molecule has 6 nitrogen and oxygen atoms in total. The van der Waals surface area contributed by atoms with E-state index in [0.717, 1.165) is 18.5 Å². The van der Waals surface area contributed by atoms with Crippen LogP contribution in [0.5, 0.6) is 0 Å². The van der Waals surface area contributed by atoms with Crippen molar-refractivity contribution in [3.05, 3.63) is 46.0 Å². The molecule has 0 saturated carbocycles. The summed E-state index contributed by atoms with van der Waals surface area (Å²) < 4.78 is 6.71. The number of rotatable bonds is 2. The van der Waals surface area contributed by atoms with Crippen molar-refractivity contribution in [1.82, 2.24) is 14.7 Å². The standard InChI is InChI=1S/C15H17N3O3/c1-10-3-2-4-13-16-9-12(15(20)18(10)13)14(19)17-11-5-7-21-8-6-11/h2-4,9,11H,5-8H2,1H3,(H,17,19). The summed E-state index contributed by atoms with van der Waals surface area (Å²) in [6.07, 6.45) is 2.89. The maximum atomic E-state index is 12.5. The molecule has 3 heterocycles. The summed E-state index contributed by atoms with van der Waals surface area (Å²) in [4.78, 5) is 28.9. The molecule has 3 rings (SSSR count). The average Bonchev–Trinajstić information content (AvgIpc) is 2.48. The fourth-order valence-corrected chi connectivity index (χ4v) is 2.54. The van der Waals surface area contributed by atoms with Gasteiger partial charge < -0.3 is 10.1 Å². The molecule has 6 heteroatoms. The Morgan fingerprint density at radius 2 is 2.14 bits per heavy atom. The molecule has 0 aromatic carbocycles. The van der Waals surface area contributed by atoms with Crippen molar-refractivity contribution in [3.8, 4) is 0 Å². The van der Waals surface area contributed by atoms with Crippen molar-refractivity contribution in [1.29, 1.82) is 0 Å². The minimum absolute atomic E-state index is 0.0585. The van der Waals surface area contributed by atoms with Crippen LogP contribution in [-0.2, 0) is 4.74 Å². The predicted octanol–water partition coefficient (Wildman–Crippen LogP) is 0.912. The van der Waals surface area contributed by atoms with Gasteiger partial charge in [-0.2, -0.15) is 0 Å². The molecule has 0 aliphatic carbocycles. The van der Waals surface area contributed by atoms with E-state index in [2.05, 4.69) is 10.3 Å². The monoisotopic (exact) mass is 287 g/mol. The number of carbonyl (C=O) groups excluding carboxylic acids is 1. The summed E-state index contributed by atoms with van der Waals surface area (Å²) in [7, 11) is 0. The Bertz CT molecular complexity index is 733. The second-order valence-electron chi connectivity index (χ2n) is 5.20. The third-order valence-corrected chi connectivity index (χ3v) is 3.73. The Balaban J connectivity index is 1.93. The van der Waals surface area contributed by atoms with Crippen LogP contribution in [0.25, 0.3) is 5.65 Å². The van der Waals surface area contributed by atoms with Crippen LogP contribution in [-0.4, -0.2) is 34.5 Å². The maximum Gasteiger partial charge on any atom is 0.270 e. The van der Waals surface area contributed by atoms with Gasteiger partial charge in [0, 0.05) is 31.1 Å². The zero-order valence-corrected chi connectivity index (χ0v) is 11.8. The molecule has 110 valence electrons. The Morgan fingerprint density at radius 3 is 2.90 bits per heavy atom. The molecule has 1 saturated heterocycles. The summed E-state index contributed by atoms with van der Waals surface area (Å²) in [5.74, 6) is -0.364. The largest absolute Gasteiger partial charge is 0.381 e. The van der Waals surface area contributed by atoms with Gasteiger partial charge >= 0.3 is 0 Å². The van der Waals surface area contributed by atoms with Crippen molar-refractivity contribution in [2.75, 3.05) is 13.2 Å². The average molecular weight is 287 g/mol. The van der Waals surface area contributed by atoms with Gasteiger partial charge in [-0.3, -0.25) is 14.0 Å². The summed E-state index contributed by atoms with van der Waals surface area (Å²) in [5, 5.41) is 2.89. The quantitative estimate of drug-likeness (QED) is 0.891. The van der Waals surface area contributed by atoms with Crippen LogP contribution in [0.15, 0.2) is 29.2 Å². The van der Waals surface area contributed by atoms with Crippen LogP contribution >= 0.6 is 0 Å². The van der Waals surface area contributed by atoms with Crippen molar-refractivity contribution in [2.45, 2.75) is 25.8 Å². The van der Waals surface area contributed by atoms with E-state index in [1.165, 1.54) is 10.6 Å². The number of nitrogens with one attached hydrogen (secondary N) is 1. The van der Waals surface area contributed by atoms with Crippen LogP contribution in [0.3, 0.4) is 0 Å². The molecule has 2 aromatic rings. The van der Waals surface area contributed by atoms with Gasteiger partial charge in [-0.1, -0.05) is 6.07 Å². The molecule has 1 fully saturated rings. The van der Waals surface area contributed by atoms with Crippen LogP contribution in [0.2, 0.25) is 0 Å². The number of carbonyl (C=O) groups is 1. The Labute approximate surface area is 121 Å². The lowest BCUT2D eigenvalue weighted by Crippen LogP contribution is -2.41. The number of pyridine rings is 1. The maximum absolute atomic E-state index is 12.5. The molecular formula is C15H17N3O3. The van der Waals surface area contributed by atoms with Gasteiger partial charge in [-0.15, -0.1) is 0 Å². The molecule has 0 radical (unpaired) electrons. The summed E-state index contributed by atoms with van der Waals surface area (Å²) in [6, 6.07) is 5.45. The van der Waals surface area contributed by atoms with Crippen molar-refractivity contribution in [2.24, 2.45) is 0 Å². The van der Waals surface area contributed by atoms with E-state index < -0.39 is 0 Å². The second kappa shape index (κ2) is 5.65. The molecule has 0 bridgehead atoms. The first-order chi connectivity index (χ1) is 10.2. The van der Waals surface area contributed by atoms with Gasteiger partial charge in [0.2, 0.25) is 0 Å². The SMILES string of the molecule is Cc1cccc2ncc(C(=O)NC3CCOCC3)c(=O)n12. The smallest absolute Gasteiger partial charge is 0.270 e. The molecular weight excluding hydrogens is 270 g/mol. The molecule has 21 heavy (non-hydrogen) atoms. The van der Waals surface area contributed by atoms with Gasteiger partial charge in [0.25, 0.3) is 11.5 Å². The van der Waals surface area contributed by atoms with E-state index in [1.807, 2.05) is 19.1 Å². The van der Waals surface area contributed by atoms with Crippen LogP contribution in [0.4, 0.5) is 0 Å². The first-order valence-electron chi connectivity index (χ1n) is 7.03. The number of hydrogen-bond donors (Lipinski definition) is 1. The third kappa shape index (κ3) is 2.67. The third-order valence-electron chi connectivity index (χ3n) is 3.73. The topological polar surface area (TPSA) is 72.7 Å². The number of ether oxygens (including phenoxy) is 1. The molecule has 0 spiro atoms. The van der Waals surface area contributed by atoms with E-state index in [1.54, 1.807) is 6.07 Å². The highest BCUT2D eigenvalue weighted by molar-refractivity contribution is 5.93. The van der Waals surface area contributed by atoms with Crippen molar-refractivity contribution < 1.29 is 9.53 Å².